The van der Waals surface area contributed by atoms with Gasteiger partial charge in [0.2, 0.25) is 6.79 Å². The lowest BCUT2D eigenvalue weighted by atomic mass is 10.2. The number of hydrogen-bond donors (Lipinski definition) is 3. The van der Waals surface area contributed by atoms with Gasteiger partial charge in [-0.05, 0) is 11.6 Å². The summed E-state index contributed by atoms with van der Waals surface area (Å²) in [5.41, 5.74) is 1.13. The van der Waals surface area contributed by atoms with Crippen LogP contribution in [0.3, 0.4) is 0 Å². The van der Waals surface area contributed by atoms with E-state index >= 15 is 0 Å². The number of aromatic nitrogens is 1. The largest absolute Gasteiger partial charge is 0.506 e. The molecule has 7 heteroatoms. The monoisotopic (exact) mass is 287 g/mol. The van der Waals surface area contributed by atoms with Crippen LogP contribution in [0.5, 0.6) is 17.2 Å². The number of nitrogens with zero attached hydrogens (tertiary/aromatic N) is 1. The Labute approximate surface area is 120 Å². The van der Waals surface area contributed by atoms with Crippen LogP contribution in [0.4, 0.5) is 10.5 Å². The van der Waals surface area contributed by atoms with E-state index in [4.69, 9.17) is 9.47 Å². The van der Waals surface area contributed by atoms with Crippen molar-refractivity contribution < 1.29 is 19.4 Å². The average molecular weight is 287 g/mol. The van der Waals surface area contributed by atoms with Crippen LogP contribution in [0, 0.1) is 0 Å². The maximum Gasteiger partial charge on any atom is 0.319 e. The van der Waals surface area contributed by atoms with Gasteiger partial charge in [-0.1, -0.05) is 6.07 Å². The fourth-order valence-corrected chi connectivity index (χ4v) is 1.88. The molecule has 0 atom stereocenters. The van der Waals surface area contributed by atoms with Crippen molar-refractivity contribution in [3.63, 3.8) is 0 Å². The molecular weight excluding hydrogens is 274 g/mol. The van der Waals surface area contributed by atoms with Crippen molar-refractivity contribution in [1.82, 2.24) is 10.3 Å². The lowest BCUT2D eigenvalue weighted by Gasteiger charge is -2.09. The Kier molecular flexibility index (Phi) is 3.46. The van der Waals surface area contributed by atoms with E-state index in [1.165, 1.54) is 12.1 Å². The summed E-state index contributed by atoms with van der Waals surface area (Å²) in [5.74, 6) is 0.847. The highest BCUT2D eigenvalue weighted by Gasteiger charge is 2.18. The topological polar surface area (TPSA) is 92.7 Å². The molecule has 7 nitrogen and oxygen atoms in total. The second-order valence-corrected chi connectivity index (χ2v) is 4.39. The number of pyridine rings is 1. The average Bonchev–Trinajstić information content (AvgIpc) is 2.94. The highest BCUT2D eigenvalue weighted by molar-refractivity contribution is 5.91. The second-order valence-electron chi connectivity index (χ2n) is 4.39. The molecule has 3 rings (SSSR count). The number of amides is 2. The first-order valence-electron chi connectivity index (χ1n) is 6.29. The number of anilines is 1. The smallest absolute Gasteiger partial charge is 0.319 e. The number of aromatic hydroxyl groups is 1. The summed E-state index contributed by atoms with van der Waals surface area (Å²) in [4.78, 5) is 15.8. The SMILES string of the molecule is O=C(NCc1cccnc1)Nc1cc2c(cc1O)OCO2. The van der Waals surface area contributed by atoms with E-state index in [9.17, 15) is 9.90 Å². The molecule has 0 fully saturated rings. The molecule has 1 aliphatic heterocycles. The molecule has 0 saturated heterocycles. The van der Waals surface area contributed by atoms with Gasteiger partial charge in [0.25, 0.3) is 0 Å². The molecule has 2 heterocycles. The fourth-order valence-electron chi connectivity index (χ4n) is 1.88. The minimum Gasteiger partial charge on any atom is -0.506 e. The Hall–Kier alpha value is -2.96. The van der Waals surface area contributed by atoms with Crippen LogP contribution < -0.4 is 20.1 Å². The van der Waals surface area contributed by atoms with E-state index in [0.29, 0.717) is 18.0 Å². The van der Waals surface area contributed by atoms with Gasteiger partial charge in [0, 0.05) is 31.1 Å². The summed E-state index contributed by atoms with van der Waals surface area (Å²) in [6.07, 6.45) is 3.33. The first kappa shape index (κ1) is 13.0. The van der Waals surface area contributed by atoms with Crippen LogP contribution in [0.15, 0.2) is 36.7 Å². The summed E-state index contributed by atoms with van der Waals surface area (Å²) >= 11 is 0. The van der Waals surface area contributed by atoms with Crippen LogP contribution in [-0.4, -0.2) is 22.9 Å². The maximum atomic E-state index is 11.8. The molecule has 0 spiro atoms. The van der Waals surface area contributed by atoms with Gasteiger partial charge in [0.05, 0.1) is 5.69 Å². The van der Waals surface area contributed by atoms with Gasteiger partial charge in [-0.3, -0.25) is 4.98 Å². The molecule has 21 heavy (non-hydrogen) atoms. The van der Waals surface area contributed by atoms with Crippen LogP contribution in [0.2, 0.25) is 0 Å². The lowest BCUT2D eigenvalue weighted by molar-refractivity contribution is 0.174. The number of fused-ring (bicyclic) bond motifs is 1. The number of phenols is 1. The molecule has 108 valence electrons. The first-order valence-corrected chi connectivity index (χ1v) is 6.29. The normalized spacial score (nSPS) is 12.0. The molecule has 3 N–H and O–H groups in total. The summed E-state index contributed by atoms with van der Waals surface area (Å²) in [7, 11) is 0. The number of rotatable bonds is 3. The van der Waals surface area contributed by atoms with E-state index in [1.54, 1.807) is 18.5 Å². The van der Waals surface area contributed by atoms with Crippen molar-refractivity contribution in [2.75, 3.05) is 12.1 Å². The number of phenolic OH excluding ortho intramolecular Hbond substituents is 1. The quantitative estimate of drug-likeness (QED) is 0.749. The van der Waals surface area contributed by atoms with E-state index in [1.807, 2.05) is 6.07 Å². The van der Waals surface area contributed by atoms with E-state index in [2.05, 4.69) is 15.6 Å². The Balaban J connectivity index is 1.62. The summed E-state index contributed by atoms with van der Waals surface area (Å²) in [6, 6.07) is 6.12. The van der Waals surface area contributed by atoms with Crippen molar-refractivity contribution in [3.05, 3.63) is 42.2 Å². The van der Waals surface area contributed by atoms with E-state index in [0.717, 1.165) is 5.56 Å². The zero-order chi connectivity index (χ0) is 14.7. The van der Waals surface area contributed by atoms with Crippen LogP contribution in [-0.2, 0) is 6.54 Å². The standard InChI is InChI=1S/C14H13N3O4/c18-11-5-13-12(20-8-21-13)4-10(11)17-14(19)16-7-9-2-1-3-15-6-9/h1-6,18H,7-8H2,(H2,16,17,19). The molecule has 0 radical (unpaired) electrons. The Morgan fingerprint density at radius 3 is 2.90 bits per heavy atom. The zero-order valence-corrected chi connectivity index (χ0v) is 11.0. The summed E-state index contributed by atoms with van der Waals surface area (Å²) in [5, 5.41) is 15.0. The van der Waals surface area contributed by atoms with Gasteiger partial charge < -0.3 is 25.2 Å². The van der Waals surface area contributed by atoms with Gasteiger partial charge in [0.15, 0.2) is 11.5 Å². The van der Waals surface area contributed by atoms with Crippen molar-refractivity contribution in [2.24, 2.45) is 0 Å². The molecule has 0 saturated carbocycles. The Bertz CT molecular complexity index is 661. The third-order valence-corrected chi connectivity index (χ3v) is 2.91. The fraction of sp³-hybridized carbons (Fsp3) is 0.143. The van der Waals surface area contributed by atoms with Crippen LogP contribution >= 0.6 is 0 Å². The van der Waals surface area contributed by atoms with E-state index < -0.39 is 6.03 Å². The molecule has 0 bridgehead atoms. The highest BCUT2D eigenvalue weighted by atomic mass is 16.7. The number of carbonyl (C=O) groups is 1. The van der Waals surface area contributed by atoms with Crippen LogP contribution in [0.1, 0.15) is 5.56 Å². The van der Waals surface area contributed by atoms with Gasteiger partial charge in [-0.15, -0.1) is 0 Å². The molecule has 1 aliphatic rings. The van der Waals surface area contributed by atoms with Gasteiger partial charge in [-0.25, -0.2) is 4.79 Å². The zero-order valence-electron chi connectivity index (χ0n) is 11.0. The molecule has 2 amide bonds. The number of benzene rings is 1. The molecule has 0 unspecified atom stereocenters. The van der Waals surface area contributed by atoms with E-state index in [-0.39, 0.29) is 18.2 Å². The molecule has 1 aromatic carbocycles. The first-order chi connectivity index (χ1) is 10.2. The molecular formula is C14H13N3O4. The third-order valence-electron chi connectivity index (χ3n) is 2.91. The summed E-state index contributed by atoms with van der Waals surface area (Å²) < 4.78 is 10.3. The van der Waals surface area contributed by atoms with Crippen molar-refractivity contribution in [2.45, 2.75) is 6.54 Å². The minimum absolute atomic E-state index is 0.0872. The van der Waals surface area contributed by atoms with Crippen molar-refractivity contribution in [1.29, 1.82) is 0 Å². The van der Waals surface area contributed by atoms with Crippen molar-refractivity contribution >= 4 is 11.7 Å². The molecule has 2 aromatic rings. The molecule has 0 aliphatic carbocycles. The number of urea groups is 1. The third kappa shape index (κ3) is 2.97. The van der Waals surface area contributed by atoms with Crippen LogP contribution in [0.25, 0.3) is 0 Å². The number of carbonyl (C=O) groups excluding carboxylic acids is 1. The maximum absolute atomic E-state index is 11.8. The highest BCUT2D eigenvalue weighted by Crippen LogP contribution is 2.40. The van der Waals surface area contributed by atoms with Gasteiger partial charge in [0.1, 0.15) is 5.75 Å². The Morgan fingerprint density at radius 1 is 1.33 bits per heavy atom. The summed E-state index contributed by atoms with van der Waals surface area (Å²) in [6.45, 7) is 0.441. The number of ether oxygens (including phenoxy) is 2. The van der Waals surface area contributed by atoms with Crippen molar-refractivity contribution in [3.8, 4) is 17.2 Å². The lowest BCUT2D eigenvalue weighted by Crippen LogP contribution is -2.28. The predicted octanol–water partition coefficient (Wildman–Crippen LogP) is 1.84. The van der Waals surface area contributed by atoms with Gasteiger partial charge >= 0.3 is 6.03 Å². The second kappa shape index (κ2) is 5.58. The number of nitrogens with one attached hydrogen (secondary N) is 2. The minimum atomic E-state index is -0.437. The Morgan fingerprint density at radius 2 is 2.14 bits per heavy atom. The van der Waals surface area contributed by atoms with Gasteiger partial charge in [-0.2, -0.15) is 0 Å². The molecule has 1 aromatic heterocycles. The number of hydrogen-bond acceptors (Lipinski definition) is 5. The predicted molar refractivity (Wildman–Crippen MR) is 74.3 cm³/mol.